The van der Waals surface area contributed by atoms with Crippen molar-refractivity contribution in [3.8, 4) is 0 Å². The van der Waals surface area contributed by atoms with Crippen molar-refractivity contribution in [1.29, 1.82) is 0 Å². The van der Waals surface area contributed by atoms with Gasteiger partial charge in [-0.05, 0) is 37.5 Å². The van der Waals surface area contributed by atoms with Crippen molar-refractivity contribution in [3.05, 3.63) is 33.8 Å². The molecule has 0 aliphatic rings. The van der Waals surface area contributed by atoms with Crippen molar-refractivity contribution < 1.29 is 9.59 Å². The largest absolute Gasteiger partial charge is 0.356 e. The molecule has 0 fully saturated rings. The first kappa shape index (κ1) is 19.8. The first-order valence-corrected chi connectivity index (χ1v) is 8.53. The summed E-state index contributed by atoms with van der Waals surface area (Å²) in [6, 6.07) is 5.22. The topological polar surface area (TPSA) is 49.4 Å². The van der Waals surface area contributed by atoms with Gasteiger partial charge in [0.05, 0.1) is 6.04 Å². The van der Waals surface area contributed by atoms with E-state index in [2.05, 4.69) is 5.32 Å². The highest BCUT2D eigenvalue weighted by atomic mass is 35.5. The fourth-order valence-electron chi connectivity index (χ4n) is 2.28. The molecular formula is C17H24Cl2N2O2. The third kappa shape index (κ3) is 6.80. The van der Waals surface area contributed by atoms with Crippen molar-refractivity contribution >= 4 is 35.0 Å². The lowest BCUT2D eigenvalue weighted by Gasteiger charge is -2.26. The lowest BCUT2D eigenvalue weighted by atomic mass is 10.1. The molecule has 0 aliphatic heterocycles. The van der Waals surface area contributed by atoms with Gasteiger partial charge in [0.2, 0.25) is 11.8 Å². The third-order valence-corrected chi connectivity index (χ3v) is 4.39. The van der Waals surface area contributed by atoms with Crippen LogP contribution in [0.25, 0.3) is 0 Å². The van der Waals surface area contributed by atoms with E-state index in [-0.39, 0.29) is 17.9 Å². The van der Waals surface area contributed by atoms with E-state index in [0.717, 1.165) is 24.8 Å². The van der Waals surface area contributed by atoms with Gasteiger partial charge >= 0.3 is 0 Å². The van der Waals surface area contributed by atoms with E-state index in [1.165, 1.54) is 6.92 Å². The molecule has 0 saturated carbocycles. The first-order valence-electron chi connectivity index (χ1n) is 7.78. The fraction of sp³-hybridized carbons (Fsp3) is 0.529. The molecule has 0 aliphatic carbocycles. The van der Waals surface area contributed by atoms with Crippen LogP contribution in [-0.4, -0.2) is 30.3 Å². The van der Waals surface area contributed by atoms with Crippen LogP contribution in [0.1, 0.15) is 51.1 Å². The molecule has 0 radical (unpaired) electrons. The average Bonchev–Trinajstić information content (AvgIpc) is 2.48. The summed E-state index contributed by atoms with van der Waals surface area (Å²) in [4.78, 5) is 24.7. The molecule has 0 saturated heterocycles. The monoisotopic (exact) mass is 358 g/mol. The summed E-state index contributed by atoms with van der Waals surface area (Å²) < 4.78 is 0. The smallest absolute Gasteiger partial charge is 0.222 e. The predicted octanol–water partition coefficient (Wildman–Crippen LogP) is 4.21. The second kappa shape index (κ2) is 9.78. The lowest BCUT2D eigenvalue weighted by Crippen LogP contribution is -2.29. The van der Waals surface area contributed by atoms with Crippen LogP contribution in [0.2, 0.25) is 10.0 Å². The molecule has 1 aromatic carbocycles. The standard InChI is InChI=1S/C17H24Cl2N2O2/c1-12(15-9-8-14(18)11-16(15)19)21(3)17(23)7-5-4-6-10-20-13(2)22/h8-9,11-12H,4-7,10H2,1-3H3,(H,20,22). The normalized spacial score (nSPS) is 11.9. The first-order chi connectivity index (χ1) is 10.8. The summed E-state index contributed by atoms with van der Waals surface area (Å²) in [5.41, 5.74) is 0.887. The zero-order valence-electron chi connectivity index (χ0n) is 13.9. The highest BCUT2D eigenvalue weighted by Gasteiger charge is 2.19. The summed E-state index contributed by atoms with van der Waals surface area (Å²) in [5, 5.41) is 3.90. The van der Waals surface area contributed by atoms with Crippen LogP contribution >= 0.6 is 23.2 Å². The Balaban J connectivity index is 2.42. The maximum absolute atomic E-state index is 12.3. The summed E-state index contributed by atoms with van der Waals surface area (Å²) in [7, 11) is 1.79. The molecule has 1 N–H and O–H groups in total. The number of nitrogens with zero attached hydrogens (tertiary/aromatic N) is 1. The Kier molecular flexibility index (Phi) is 8.42. The number of nitrogens with one attached hydrogen (secondary N) is 1. The van der Waals surface area contributed by atoms with Gasteiger partial charge in [0.15, 0.2) is 0 Å². The van der Waals surface area contributed by atoms with Crippen LogP contribution in [0.15, 0.2) is 18.2 Å². The Morgan fingerprint density at radius 2 is 1.91 bits per heavy atom. The third-order valence-electron chi connectivity index (χ3n) is 3.83. The van der Waals surface area contributed by atoms with Crippen LogP contribution in [0.5, 0.6) is 0 Å². The van der Waals surface area contributed by atoms with E-state index in [0.29, 0.717) is 23.0 Å². The molecular weight excluding hydrogens is 335 g/mol. The molecule has 1 rings (SSSR count). The Morgan fingerprint density at radius 1 is 1.22 bits per heavy atom. The van der Waals surface area contributed by atoms with Gasteiger partial charge in [-0.3, -0.25) is 9.59 Å². The number of hydrogen-bond donors (Lipinski definition) is 1. The van der Waals surface area contributed by atoms with Crippen molar-refractivity contribution in [1.82, 2.24) is 10.2 Å². The Morgan fingerprint density at radius 3 is 2.52 bits per heavy atom. The maximum atomic E-state index is 12.3. The van der Waals surface area contributed by atoms with Crippen LogP contribution in [0.4, 0.5) is 0 Å². The van der Waals surface area contributed by atoms with Gasteiger partial charge in [-0.15, -0.1) is 0 Å². The van der Waals surface area contributed by atoms with E-state index >= 15 is 0 Å². The summed E-state index contributed by atoms with van der Waals surface area (Å²) in [5.74, 6) is 0.0671. The van der Waals surface area contributed by atoms with Crippen molar-refractivity contribution in [2.24, 2.45) is 0 Å². The summed E-state index contributed by atoms with van der Waals surface area (Å²) >= 11 is 12.1. The zero-order chi connectivity index (χ0) is 17.4. The van der Waals surface area contributed by atoms with Gasteiger partial charge in [0.25, 0.3) is 0 Å². The summed E-state index contributed by atoms with van der Waals surface area (Å²) in [6.45, 7) is 4.11. The number of hydrogen-bond acceptors (Lipinski definition) is 2. The highest BCUT2D eigenvalue weighted by molar-refractivity contribution is 6.35. The van der Waals surface area contributed by atoms with Crippen molar-refractivity contribution in [3.63, 3.8) is 0 Å². The second-order valence-electron chi connectivity index (χ2n) is 5.64. The SMILES string of the molecule is CC(=O)NCCCCCC(=O)N(C)C(C)c1ccc(Cl)cc1Cl. The number of amides is 2. The van der Waals surface area contributed by atoms with Crippen molar-refractivity contribution in [2.75, 3.05) is 13.6 Å². The maximum Gasteiger partial charge on any atom is 0.222 e. The Hall–Kier alpha value is -1.26. The molecule has 1 aromatic rings. The number of benzene rings is 1. The van der Waals surface area contributed by atoms with E-state index in [1.807, 2.05) is 13.0 Å². The van der Waals surface area contributed by atoms with E-state index in [4.69, 9.17) is 23.2 Å². The number of carbonyl (C=O) groups excluding carboxylic acids is 2. The minimum absolute atomic E-state index is 0.0190. The minimum atomic E-state index is -0.105. The quantitative estimate of drug-likeness (QED) is 0.707. The van der Waals surface area contributed by atoms with Crippen LogP contribution in [0, 0.1) is 0 Å². The van der Waals surface area contributed by atoms with Gasteiger partial charge in [-0.2, -0.15) is 0 Å². The van der Waals surface area contributed by atoms with E-state index < -0.39 is 0 Å². The zero-order valence-corrected chi connectivity index (χ0v) is 15.4. The molecule has 1 atom stereocenters. The molecule has 1 unspecified atom stereocenters. The Bertz CT molecular complexity index is 549. The van der Waals surface area contributed by atoms with Crippen molar-refractivity contribution in [2.45, 2.75) is 45.6 Å². The molecule has 6 heteroatoms. The van der Waals surface area contributed by atoms with Crippen LogP contribution in [-0.2, 0) is 9.59 Å². The average molecular weight is 359 g/mol. The second-order valence-corrected chi connectivity index (χ2v) is 6.48. The summed E-state index contributed by atoms with van der Waals surface area (Å²) in [6.07, 6.45) is 3.10. The van der Waals surface area contributed by atoms with Crippen LogP contribution in [0.3, 0.4) is 0 Å². The van der Waals surface area contributed by atoms with E-state index in [9.17, 15) is 9.59 Å². The number of halogens is 2. The predicted molar refractivity (Wildman–Crippen MR) is 94.8 cm³/mol. The van der Waals surface area contributed by atoms with Gasteiger partial charge in [0, 0.05) is 37.0 Å². The molecule has 0 bridgehead atoms. The molecule has 128 valence electrons. The highest BCUT2D eigenvalue weighted by Crippen LogP contribution is 2.29. The van der Waals surface area contributed by atoms with Gasteiger partial charge in [0.1, 0.15) is 0 Å². The molecule has 0 spiro atoms. The molecule has 0 aromatic heterocycles. The molecule has 2 amide bonds. The lowest BCUT2D eigenvalue weighted by molar-refractivity contribution is -0.132. The van der Waals surface area contributed by atoms with Gasteiger partial charge < -0.3 is 10.2 Å². The molecule has 0 heterocycles. The van der Waals surface area contributed by atoms with E-state index in [1.54, 1.807) is 24.1 Å². The molecule has 23 heavy (non-hydrogen) atoms. The number of carbonyl (C=O) groups is 2. The number of rotatable bonds is 8. The Labute approximate surface area is 148 Å². The number of unbranched alkanes of at least 4 members (excludes halogenated alkanes) is 2. The van der Waals surface area contributed by atoms with Gasteiger partial charge in [-0.25, -0.2) is 0 Å². The fourth-order valence-corrected chi connectivity index (χ4v) is 2.85. The van der Waals surface area contributed by atoms with Crippen LogP contribution < -0.4 is 5.32 Å². The minimum Gasteiger partial charge on any atom is -0.356 e. The van der Waals surface area contributed by atoms with Gasteiger partial charge in [-0.1, -0.05) is 35.7 Å². The molecule has 4 nitrogen and oxygen atoms in total.